The van der Waals surface area contributed by atoms with Gasteiger partial charge in [-0.1, -0.05) is 0 Å². The monoisotopic (exact) mass is 208 g/mol. The number of alkyl halides is 1. The molecule has 0 aliphatic carbocycles. The number of nitrogens with one attached hydrogen (secondary N) is 1. The SMILES string of the molecule is N#Cc1cc(F)cc([C@@H]2C[C@H](F)CN2)c1. The maximum Gasteiger partial charge on any atom is 0.124 e. The van der Waals surface area contributed by atoms with E-state index in [4.69, 9.17) is 5.26 Å². The molecule has 1 aliphatic heterocycles. The lowest BCUT2D eigenvalue weighted by Crippen LogP contribution is -2.14. The van der Waals surface area contributed by atoms with Crippen LogP contribution in [0, 0.1) is 17.1 Å². The van der Waals surface area contributed by atoms with Crippen LogP contribution in [0.15, 0.2) is 18.2 Å². The van der Waals surface area contributed by atoms with Crippen molar-refractivity contribution in [1.29, 1.82) is 5.26 Å². The predicted octanol–water partition coefficient (Wildman–Crippen LogP) is 2.07. The average Bonchev–Trinajstić information content (AvgIpc) is 2.64. The van der Waals surface area contributed by atoms with Crippen molar-refractivity contribution in [3.8, 4) is 6.07 Å². The fourth-order valence-electron chi connectivity index (χ4n) is 1.82. The molecule has 0 spiro atoms. The number of nitriles is 1. The Morgan fingerprint density at radius 3 is 2.80 bits per heavy atom. The quantitative estimate of drug-likeness (QED) is 0.766. The van der Waals surface area contributed by atoms with Crippen LogP contribution in [0.4, 0.5) is 8.78 Å². The molecule has 1 saturated heterocycles. The van der Waals surface area contributed by atoms with Crippen molar-refractivity contribution >= 4 is 0 Å². The molecule has 1 aromatic rings. The van der Waals surface area contributed by atoms with Crippen molar-refractivity contribution < 1.29 is 8.78 Å². The van der Waals surface area contributed by atoms with Crippen molar-refractivity contribution in [2.24, 2.45) is 0 Å². The van der Waals surface area contributed by atoms with E-state index in [1.165, 1.54) is 12.1 Å². The van der Waals surface area contributed by atoms with E-state index in [1.807, 2.05) is 6.07 Å². The second-order valence-electron chi connectivity index (χ2n) is 3.68. The van der Waals surface area contributed by atoms with Crippen LogP contribution < -0.4 is 5.32 Å². The molecular weight excluding hydrogens is 198 g/mol. The summed E-state index contributed by atoms with van der Waals surface area (Å²) in [6.45, 7) is 0.295. The van der Waals surface area contributed by atoms with Gasteiger partial charge in [-0.05, 0) is 30.2 Å². The summed E-state index contributed by atoms with van der Waals surface area (Å²) >= 11 is 0. The van der Waals surface area contributed by atoms with Gasteiger partial charge in [0.1, 0.15) is 12.0 Å². The first-order valence-corrected chi connectivity index (χ1v) is 4.77. The van der Waals surface area contributed by atoms with Crippen LogP contribution in [-0.4, -0.2) is 12.7 Å². The lowest BCUT2D eigenvalue weighted by Gasteiger charge is -2.10. The van der Waals surface area contributed by atoms with Crippen LogP contribution in [0.2, 0.25) is 0 Å². The van der Waals surface area contributed by atoms with Gasteiger partial charge >= 0.3 is 0 Å². The Hall–Kier alpha value is -1.47. The first kappa shape index (κ1) is 10.1. The molecule has 1 aromatic carbocycles. The van der Waals surface area contributed by atoms with Gasteiger partial charge < -0.3 is 5.32 Å². The van der Waals surface area contributed by atoms with E-state index in [9.17, 15) is 8.78 Å². The number of hydrogen-bond acceptors (Lipinski definition) is 2. The molecule has 0 saturated carbocycles. The molecule has 1 N–H and O–H groups in total. The van der Waals surface area contributed by atoms with E-state index >= 15 is 0 Å². The summed E-state index contributed by atoms with van der Waals surface area (Å²) in [5.41, 5.74) is 0.917. The third kappa shape index (κ3) is 2.13. The number of halogens is 2. The zero-order valence-electron chi connectivity index (χ0n) is 8.00. The molecule has 0 unspecified atom stereocenters. The second kappa shape index (κ2) is 3.95. The molecule has 4 heteroatoms. The minimum Gasteiger partial charge on any atom is -0.307 e. The summed E-state index contributed by atoms with van der Waals surface area (Å²) in [6, 6.07) is 5.82. The molecule has 78 valence electrons. The minimum atomic E-state index is -0.885. The largest absolute Gasteiger partial charge is 0.307 e. The summed E-state index contributed by atoms with van der Waals surface area (Å²) in [5.74, 6) is -0.451. The van der Waals surface area contributed by atoms with Crippen LogP contribution in [0.25, 0.3) is 0 Å². The fourth-order valence-corrected chi connectivity index (χ4v) is 1.82. The molecule has 0 aromatic heterocycles. The summed E-state index contributed by atoms with van der Waals surface area (Å²) in [4.78, 5) is 0. The Bertz CT molecular complexity index is 412. The van der Waals surface area contributed by atoms with Crippen molar-refractivity contribution in [3.63, 3.8) is 0 Å². The van der Waals surface area contributed by atoms with E-state index < -0.39 is 12.0 Å². The van der Waals surface area contributed by atoms with Gasteiger partial charge in [0.2, 0.25) is 0 Å². The van der Waals surface area contributed by atoms with Crippen LogP contribution in [0.1, 0.15) is 23.6 Å². The lowest BCUT2D eigenvalue weighted by molar-refractivity contribution is 0.356. The van der Waals surface area contributed by atoms with Gasteiger partial charge in [-0.15, -0.1) is 0 Å². The van der Waals surface area contributed by atoms with E-state index in [1.54, 1.807) is 6.07 Å². The summed E-state index contributed by atoms with van der Waals surface area (Å²) in [7, 11) is 0. The molecule has 2 rings (SSSR count). The van der Waals surface area contributed by atoms with Gasteiger partial charge in [0.05, 0.1) is 11.6 Å². The number of hydrogen-bond donors (Lipinski definition) is 1. The highest BCUT2D eigenvalue weighted by Gasteiger charge is 2.25. The van der Waals surface area contributed by atoms with Gasteiger partial charge in [-0.2, -0.15) is 5.26 Å². The average molecular weight is 208 g/mol. The first-order valence-electron chi connectivity index (χ1n) is 4.77. The van der Waals surface area contributed by atoms with E-state index in [0.29, 0.717) is 18.5 Å². The number of rotatable bonds is 1. The van der Waals surface area contributed by atoms with E-state index in [2.05, 4.69) is 5.32 Å². The first-order chi connectivity index (χ1) is 7.19. The minimum absolute atomic E-state index is 0.178. The molecule has 1 fully saturated rings. The zero-order chi connectivity index (χ0) is 10.8. The number of nitrogens with zero attached hydrogens (tertiary/aromatic N) is 1. The molecule has 1 aliphatic rings. The summed E-state index contributed by atoms with van der Waals surface area (Å²) in [6.07, 6.45) is -0.544. The topological polar surface area (TPSA) is 35.8 Å². The molecule has 0 radical (unpaired) electrons. The third-order valence-electron chi connectivity index (χ3n) is 2.53. The Labute approximate surface area is 86.5 Å². The smallest absolute Gasteiger partial charge is 0.124 e. The van der Waals surface area contributed by atoms with E-state index in [-0.39, 0.29) is 11.6 Å². The molecule has 1 heterocycles. The third-order valence-corrected chi connectivity index (χ3v) is 2.53. The standard InChI is InChI=1S/C11H10F2N2/c12-9-2-7(5-14)1-8(3-9)11-4-10(13)6-15-11/h1-3,10-11,15H,4,6H2/t10-,11-/m0/s1. The van der Waals surface area contributed by atoms with Gasteiger partial charge in [0, 0.05) is 12.6 Å². The Kier molecular flexibility index (Phi) is 2.65. The van der Waals surface area contributed by atoms with Crippen molar-refractivity contribution in [2.75, 3.05) is 6.54 Å². The molecular formula is C11H10F2N2. The highest BCUT2D eigenvalue weighted by atomic mass is 19.1. The highest BCUT2D eigenvalue weighted by molar-refractivity contribution is 5.35. The normalized spacial score (nSPS) is 25.1. The van der Waals surface area contributed by atoms with E-state index in [0.717, 1.165) is 0 Å². The Balaban J connectivity index is 2.29. The maximum absolute atomic E-state index is 13.1. The van der Waals surface area contributed by atoms with Crippen LogP contribution in [0.5, 0.6) is 0 Å². The van der Waals surface area contributed by atoms with Gasteiger partial charge in [0.25, 0.3) is 0 Å². The maximum atomic E-state index is 13.1. The van der Waals surface area contributed by atoms with Gasteiger partial charge in [0.15, 0.2) is 0 Å². The van der Waals surface area contributed by atoms with Gasteiger partial charge in [-0.25, -0.2) is 8.78 Å². The summed E-state index contributed by atoms with van der Waals surface area (Å²) in [5, 5.41) is 11.6. The van der Waals surface area contributed by atoms with Crippen LogP contribution >= 0.6 is 0 Å². The molecule has 2 atom stereocenters. The molecule has 0 bridgehead atoms. The fraction of sp³-hybridized carbons (Fsp3) is 0.364. The van der Waals surface area contributed by atoms with Crippen LogP contribution in [0.3, 0.4) is 0 Å². The van der Waals surface area contributed by atoms with Crippen molar-refractivity contribution in [2.45, 2.75) is 18.6 Å². The van der Waals surface area contributed by atoms with Gasteiger partial charge in [-0.3, -0.25) is 0 Å². The molecule has 15 heavy (non-hydrogen) atoms. The van der Waals surface area contributed by atoms with Crippen molar-refractivity contribution in [3.05, 3.63) is 35.1 Å². The Morgan fingerprint density at radius 2 is 2.20 bits per heavy atom. The predicted molar refractivity (Wildman–Crippen MR) is 51.4 cm³/mol. The highest BCUT2D eigenvalue weighted by Crippen LogP contribution is 2.26. The zero-order valence-corrected chi connectivity index (χ0v) is 8.00. The van der Waals surface area contributed by atoms with Crippen LogP contribution in [-0.2, 0) is 0 Å². The molecule has 2 nitrogen and oxygen atoms in total. The Morgan fingerprint density at radius 1 is 1.40 bits per heavy atom. The second-order valence-corrected chi connectivity index (χ2v) is 3.68. The van der Waals surface area contributed by atoms with Crippen molar-refractivity contribution in [1.82, 2.24) is 5.32 Å². The summed E-state index contributed by atoms with van der Waals surface area (Å²) < 4.78 is 26.0. The number of benzene rings is 1. The lowest BCUT2D eigenvalue weighted by atomic mass is 10.0. The molecule has 0 amide bonds.